The van der Waals surface area contributed by atoms with E-state index in [0.717, 1.165) is 10.5 Å². The third-order valence-electron chi connectivity index (χ3n) is 3.95. The molecule has 0 fully saturated rings. The van der Waals surface area contributed by atoms with Crippen LogP contribution in [0.4, 0.5) is 11.4 Å². The van der Waals surface area contributed by atoms with Crippen LogP contribution in [0.5, 0.6) is 0 Å². The van der Waals surface area contributed by atoms with Crippen LogP contribution in [0.15, 0.2) is 52.3 Å². The smallest absolute Gasteiger partial charge is 0.261 e. The highest BCUT2D eigenvalue weighted by molar-refractivity contribution is 8.00. The molecule has 0 saturated carbocycles. The summed E-state index contributed by atoms with van der Waals surface area (Å²) < 4.78 is 28.0. The molecule has 132 valence electrons. The van der Waals surface area contributed by atoms with Gasteiger partial charge in [-0.05, 0) is 42.8 Å². The summed E-state index contributed by atoms with van der Waals surface area (Å²) in [5.74, 6) is -0.0883. The molecule has 1 aliphatic rings. The standard InChI is InChI=1S/C18H20N2O3S2/c1-12-5-4-6-15(9-12)19-25(22,23)16-7-8-18-17(10-16)20(14(3)21)11-13(2)24-18/h4-10,13,19H,11H2,1-3H3. The number of rotatable bonds is 3. The molecule has 0 bridgehead atoms. The van der Waals surface area contributed by atoms with Crippen molar-refractivity contribution in [3.8, 4) is 0 Å². The molecule has 0 spiro atoms. The molecule has 1 atom stereocenters. The molecule has 1 heterocycles. The fraction of sp³-hybridized carbons (Fsp3) is 0.278. The van der Waals surface area contributed by atoms with E-state index in [1.54, 1.807) is 53.1 Å². The molecule has 1 aliphatic heterocycles. The topological polar surface area (TPSA) is 66.5 Å². The van der Waals surface area contributed by atoms with Gasteiger partial charge in [-0.15, -0.1) is 11.8 Å². The Bertz CT molecular complexity index is 926. The molecule has 3 rings (SSSR count). The SMILES string of the molecule is CC(=O)N1CC(C)Sc2ccc(S(=O)(=O)Nc3cccc(C)c3)cc21. The number of amides is 1. The predicted molar refractivity (Wildman–Crippen MR) is 102 cm³/mol. The van der Waals surface area contributed by atoms with Gasteiger partial charge in [0.2, 0.25) is 5.91 Å². The van der Waals surface area contributed by atoms with E-state index in [-0.39, 0.29) is 16.1 Å². The van der Waals surface area contributed by atoms with E-state index >= 15 is 0 Å². The van der Waals surface area contributed by atoms with Crippen LogP contribution in [-0.4, -0.2) is 26.1 Å². The van der Waals surface area contributed by atoms with Crippen molar-refractivity contribution in [1.82, 2.24) is 0 Å². The number of hydrogen-bond donors (Lipinski definition) is 1. The average Bonchev–Trinajstić information content (AvgIpc) is 2.53. The molecule has 2 aromatic carbocycles. The number of hydrogen-bond acceptors (Lipinski definition) is 4. The molecule has 0 radical (unpaired) electrons. The van der Waals surface area contributed by atoms with Gasteiger partial charge in [-0.2, -0.15) is 0 Å². The van der Waals surface area contributed by atoms with Crippen LogP contribution in [0.3, 0.4) is 0 Å². The van der Waals surface area contributed by atoms with Crippen molar-refractivity contribution in [2.45, 2.75) is 35.8 Å². The number of fused-ring (bicyclic) bond motifs is 1. The van der Waals surface area contributed by atoms with Crippen molar-refractivity contribution < 1.29 is 13.2 Å². The van der Waals surface area contributed by atoms with Gasteiger partial charge in [-0.25, -0.2) is 8.42 Å². The maximum Gasteiger partial charge on any atom is 0.261 e. The zero-order chi connectivity index (χ0) is 18.2. The molecule has 7 heteroatoms. The van der Waals surface area contributed by atoms with E-state index in [2.05, 4.69) is 4.72 Å². The van der Waals surface area contributed by atoms with Crippen molar-refractivity contribution in [3.05, 3.63) is 48.0 Å². The van der Waals surface area contributed by atoms with Gasteiger partial charge in [0, 0.05) is 29.3 Å². The normalized spacial score (nSPS) is 17.1. The maximum atomic E-state index is 12.7. The highest BCUT2D eigenvalue weighted by Gasteiger charge is 2.27. The Kier molecular flexibility index (Phi) is 4.79. The molecule has 0 aliphatic carbocycles. The highest BCUT2D eigenvalue weighted by Crippen LogP contribution is 2.39. The van der Waals surface area contributed by atoms with Crippen molar-refractivity contribution >= 4 is 39.1 Å². The minimum Gasteiger partial charge on any atom is -0.310 e. The van der Waals surface area contributed by atoms with Crippen LogP contribution >= 0.6 is 11.8 Å². The summed E-state index contributed by atoms with van der Waals surface area (Å²) in [4.78, 5) is 14.7. The number of sulfonamides is 1. The Morgan fingerprint density at radius 3 is 2.68 bits per heavy atom. The zero-order valence-corrected chi connectivity index (χ0v) is 15.9. The minimum absolute atomic E-state index is 0.0883. The number of carbonyl (C=O) groups excluding carboxylic acids is 1. The Morgan fingerprint density at radius 1 is 1.24 bits per heavy atom. The van der Waals surface area contributed by atoms with Gasteiger partial charge in [0.25, 0.3) is 10.0 Å². The highest BCUT2D eigenvalue weighted by atomic mass is 32.2. The lowest BCUT2D eigenvalue weighted by Gasteiger charge is -2.32. The number of aryl methyl sites for hydroxylation is 1. The van der Waals surface area contributed by atoms with Crippen LogP contribution < -0.4 is 9.62 Å². The molecule has 2 aromatic rings. The van der Waals surface area contributed by atoms with Gasteiger partial charge in [0.15, 0.2) is 0 Å². The van der Waals surface area contributed by atoms with E-state index < -0.39 is 10.0 Å². The van der Waals surface area contributed by atoms with Crippen molar-refractivity contribution in [3.63, 3.8) is 0 Å². The van der Waals surface area contributed by atoms with Gasteiger partial charge in [0.1, 0.15) is 0 Å². The van der Waals surface area contributed by atoms with Crippen molar-refractivity contribution in [2.75, 3.05) is 16.2 Å². The van der Waals surface area contributed by atoms with Crippen molar-refractivity contribution in [1.29, 1.82) is 0 Å². The Morgan fingerprint density at radius 2 is 2.00 bits per heavy atom. The number of nitrogens with one attached hydrogen (secondary N) is 1. The summed E-state index contributed by atoms with van der Waals surface area (Å²) in [5, 5.41) is 0.268. The molecule has 5 nitrogen and oxygen atoms in total. The fourth-order valence-electron chi connectivity index (χ4n) is 2.81. The lowest BCUT2D eigenvalue weighted by atomic mass is 10.2. The summed E-state index contributed by atoms with van der Waals surface area (Å²) in [6, 6.07) is 12.1. The van der Waals surface area contributed by atoms with E-state index in [1.807, 2.05) is 19.9 Å². The Labute approximate surface area is 152 Å². The fourth-order valence-corrected chi connectivity index (χ4v) is 4.97. The molecular weight excluding hydrogens is 356 g/mol. The quantitative estimate of drug-likeness (QED) is 0.888. The molecular formula is C18H20N2O3S2. The third kappa shape index (κ3) is 3.82. The maximum absolute atomic E-state index is 12.7. The first-order chi connectivity index (χ1) is 11.8. The van der Waals surface area contributed by atoms with Crippen LogP contribution in [0, 0.1) is 6.92 Å². The second-order valence-corrected chi connectivity index (χ2v) is 9.33. The Balaban J connectivity index is 1.98. The molecule has 0 aromatic heterocycles. The van der Waals surface area contributed by atoms with Gasteiger partial charge in [0.05, 0.1) is 10.6 Å². The van der Waals surface area contributed by atoms with E-state index in [1.165, 1.54) is 6.92 Å². The van der Waals surface area contributed by atoms with Gasteiger partial charge in [-0.3, -0.25) is 9.52 Å². The zero-order valence-electron chi connectivity index (χ0n) is 14.3. The first-order valence-electron chi connectivity index (χ1n) is 7.94. The molecule has 1 N–H and O–H groups in total. The first kappa shape index (κ1) is 17.8. The largest absolute Gasteiger partial charge is 0.310 e. The van der Waals surface area contributed by atoms with Gasteiger partial charge < -0.3 is 4.90 Å². The van der Waals surface area contributed by atoms with E-state index in [4.69, 9.17) is 0 Å². The second-order valence-electron chi connectivity index (χ2n) is 6.16. The number of benzene rings is 2. The molecule has 1 amide bonds. The van der Waals surface area contributed by atoms with Crippen molar-refractivity contribution in [2.24, 2.45) is 0 Å². The first-order valence-corrected chi connectivity index (χ1v) is 10.3. The van der Waals surface area contributed by atoms with E-state index in [9.17, 15) is 13.2 Å². The van der Waals surface area contributed by atoms with Crippen LogP contribution in [0.25, 0.3) is 0 Å². The molecule has 25 heavy (non-hydrogen) atoms. The third-order valence-corrected chi connectivity index (χ3v) is 6.48. The predicted octanol–water partition coefficient (Wildman–Crippen LogP) is 3.64. The summed E-state index contributed by atoms with van der Waals surface area (Å²) in [5.41, 5.74) is 2.14. The average molecular weight is 377 g/mol. The number of anilines is 2. The van der Waals surface area contributed by atoms with E-state index in [0.29, 0.717) is 17.9 Å². The van der Waals surface area contributed by atoms with Crippen LogP contribution in [-0.2, 0) is 14.8 Å². The summed E-state index contributed by atoms with van der Waals surface area (Å²) in [6.07, 6.45) is 0. The number of thioether (sulfide) groups is 1. The lowest BCUT2D eigenvalue weighted by molar-refractivity contribution is -0.116. The summed E-state index contributed by atoms with van der Waals surface area (Å²) in [6.45, 7) is 6.02. The van der Waals surface area contributed by atoms with Crippen LogP contribution in [0.1, 0.15) is 19.4 Å². The lowest BCUT2D eigenvalue weighted by Crippen LogP contribution is -2.37. The molecule has 0 saturated heterocycles. The Hall–Kier alpha value is -1.99. The summed E-state index contributed by atoms with van der Waals surface area (Å²) >= 11 is 1.65. The van der Waals surface area contributed by atoms with Crippen LogP contribution in [0.2, 0.25) is 0 Å². The van der Waals surface area contributed by atoms with Gasteiger partial charge >= 0.3 is 0 Å². The second kappa shape index (κ2) is 6.72. The molecule has 1 unspecified atom stereocenters. The minimum atomic E-state index is -3.72. The summed E-state index contributed by atoms with van der Waals surface area (Å²) in [7, 11) is -3.72. The number of carbonyl (C=O) groups is 1. The number of nitrogens with zero attached hydrogens (tertiary/aromatic N) is 1. The van der Waals surface area contributed by atoms with Gasteiger partial charge in [-0.1, -0.05) is 19.1 Å². The monoisotopic (exact) mass is 376 g/mol.